The van der Waals surface area contributed by atoms with Crippen molar-refractivity contribution in [3.63, 3.8) is 0 Å². The monoisotopic (exact) mass is 570 g/mol. The van der Waals surface area contributed by atoms with Crippen molar-refractivity contribution >= 4 is 29.3 Å². The topological polar surface area (TPSA) is 115 Å². The summed E-state index contributed by atoms with van der Waals surface area (Å²) in [5.41, 5.74) is 3.85. The molecule has 2 N–H and O–H groups in total. The van der Waals surface area contributed by atoms with Crippen LogP contribution < -0.4 is 4.90 Å². The summed E-state index contributed by atoms with van der Waals surface area (Å²) in [5, 5.41) is 20.7. The van der Waals surface area contributed by atoms with Gasteiger partial charge in [-0.3, -0.25) is 24.1 Å². The fourth-order valence-electron chi connectivity index (χ4n) is 5.42. The van der Waals surface area contributed by atoms with Gasteiger partial charge < -0.3 is 10.2 Å². The Balaban J connectivity index is 1.31. The van der Waals surface area contributed by atoms with Gasteiger partial charge in [-0.25, -0.2) is 4.90 Å². The van der Waals surface area contributed by atoms with E-state index in [1.54, 1.807) is 42.5 Å². The number of hydrogen-bond donors (Lipinski definition) is 2. The van der Waals surface area contributed by atoms with Gasteiger partial charge >= 0.3 is 0 Å². The summed E-state index contributed by atoms with van der Waals surface area (Å²) in [5.74, 6) is 4.01. The Labute approximate surface area is 247 Å². The normalized spacial score (nSPS) is 14.1. The number of carbonyl (C=O) groups excluding carboxylic acids is 4. The summed E-state index contributed by atoms with van der Waals surface area (Å²) in [6.07, 6.45) is 0. The summed E-state index contributed by atoms with van der Waals surface area (Å²) in [6.45, 7) is 5.77. The summed E-state index contributed by atoms with van der Waals surface area (Å²) in [6, 6.07) is 19.6. The Morgan fingerprint density at radius 3 is 1.70 bits per heavy atom. The van der Waals surface area contributed by atoms with E-state index in [0.717, 1.165) is 26.5 Å². The van der Waals surface area contributed by atoms with E-state index < -0.39 is 17.2 Å². The zero-order chi connectivity index (χ0) is 30.8. The molecular formula is C35H26N2O6. The molecule has 0 aliphatic carbocycles. The van der Waals surface area contributed by atoms with E-state index in [4.69, 9.17) is 0 Å². The number of amides is 4. The van der Waals surface area contributed by atoms with Gasteiger partial charge in [-0.1, -0.05) is 43.9 Å². The molecule has 0 saturated carbocycles. The molecule has 0 unspecified atom stereocenters. The largest absolute Gasteiger partial charge is 0.508 e. The average molecular weight is 571 g/mol. The van der Waals surface area contributed by atoms with Gasteiger partial charge in [0.25, 0.3) is 23.6 Å². The van der Waals surface area contributed by atoms with Gasteiger partial charge in [0, 0.05) is 23.6 Å². The summed E-state index contributed by atoms with van der Waals surface area (Å²) in [7, 11) is 1.43. The third-order valence-electron chi connectivity index (χ3n) is 8.18. The Morgan fingerprint density at radius 2 is 1.09 bits per heavy atom. The standard InChI is InChI=1S/C35H26N2O6/c1-19-15-22(9-13-29(19)38)35(2,3)23-10-14-30(39)28(18-23)37-33(42)25-12-8-21(17-27(25)34(37)43)6-5-20-7-11-24-26(16-20)32(41)36(4)31(24)40/h7-18,38-39H,1-4H3. The molecule has 4 aromatic carbocycles. The van der Waals surface area contributed by atoms with Crippen molar-refractivity contribution in [2.24, 2.45) is 0 Å². The van der Waals surface area contributed by atoms with E-state index in [-0.39, 0.29) is 45.7 Å². The highest BCUT2D eigenvalue weighted by molar-refractivity contribution is 6.35. The molecule has 8 nitrogen and oxygen atoms in total. The molecule has 4 aromatic rings. The van der Waals surface area contributed by atoms with Crippen molar-refractivity contribution in [1.29, 1.82) is 0 Å². The van der Waals surface area contributed by atoms with Crippen LogP contribution in [-0.4, -0.2) is 45.8 Å². The molecular weight excluding hydrogens is 544 g/mol. The predicted molar refractivity (Wildman–Crippen MR) is 160 cm³/mol. The number of nitrogens with zero attached hydrogens (tertiary/aromatic N) is 2. The highest BCUT2D eigenvalue weighted by Gasteiger charge is 2.39. The number of hydrogen-bond acceptors (Lipinski definition) is 6. The number of aryl methyl sites for hydroxylation is 1. The average Bonchev–Trinajstić information content (AvgIpc) is 3.36. The third-order valence-corrected chi connectivity index (χ3v) is 8.18. The highest BCUT2D eigenvalue weighted by Crippen LogP contribution is 2.40. The molecule has 2 heterocycles. The number of fused-ring (bicyclic) bond motifs is 2. The molecule has 0 saturated heterocycles. The molecule has 6 rings (SSSR count). The van der Waals surface area contributed by atoms with Gasteiger partial charge in [-0.15, -0.1) is 0 Å². The van der Waals surface area contributed by atoms with Gasteiger partial charge in [0.1, 0.15) is 11.5 Å². The van der Waals surface area contributed by atoms with Crippen LogP contribution in [0.5, 0.6) is 11.5 Å². The lowest BCUT2D eigenvalue weighted by Crippen LogP contribution is -2.30. The van der Waals surface area contributed by atoms with Crippen molar-refractivity contribution in [3.05, 3.63) is 123 Å². The molecule has 43 heavy (non-hydrogen) atoms. The smallest absolute Gasteiger partial charge is 0.266 e. The van der Waals surface area contributed by atoms with Crippen LogP contribution in [0.3, 0.4) is 0 Å². The van der Waals surface area contributed by atoms with Gasteiger partial charge in [0.2, 0.25) is 0 Å². The zero-order valence-corrected chi connectivity index (χ0v) is 23.9. The van der Waals surface area contributed by atoms with Crippen molar-refractivity contribution in [2.45, 2.75) is 26.2 Å². The number of phenols is 2. The van der Waals surface area contributed by atoms with E-state index in [1.165, 1.54) is 25.2 Å². The number of phenolic OH excluding ortho intramolecular Hbond substituents is 2. The van der Waals surface area contributed by atoms with E-state index in [9.17, 15) is 29.4 Å². The molecule has 0 radical (unpaired) electrons. The summed E-state index contributed by atoms with van der Waals surface area (Å²) in [4.78, 5) is 53.5. The van der Waals surface area contributed by atoms with Crippen LogP contribution in [0.4, 0.5) is 5.69 Å². The minimum absolute atomic E-state index is 0.0715. The van der Waals surface area contributed by atoms with E-state index in [1.807, 2.05) is 32.9 Å². The van der Waals surface area contributed by atoms with Crippen molar-refractivity contribution < 1.29 is 29.4 Å². The maximum Gasteiger partial charge on any atom is 0.266 e. The molecule has 8 heteroatoms. The van der Waals surface area contributed by atoms with Crippen molar-refractivity contribution in [3.8, 4) is 23.3 Å². The third kappa shape index (κ3) is 4.34. The maximum atomic E-state index is 13.6. The molecule has 0 bridgehead atoms. The number of aromatic hydroxyl groups is 2. The molecule has 0 spiro atoms. The number of carbonyl (C=O) groups is 4. The minimum atomic E-state index is -0.584. The van der Waals surface area contributed by atoms with Crippen LogP contribution in [0.15, 0.2) is 72.8 Å². The molecule has 2 aliphatic heterocycles. The first-order chi connectivity index (χ1) is 20.4. The summed E-state index contributed by atoms with van der Waals surface area (Å²) >= 11 is 0. The minimum Gasteiger partial charge on any atom is -0.508 e. The lowest BCUT2D eigenvalue weighted by molar-refractivity contribution is 0.0692. The van der Waals surface area contributed by atoms with Gasteiger partial charge in [-0.2, -0.15) is 0 Å². The van der Waals surface area contributed by atoms with E-state index in [2.05, 4.69) is 11.8 Å². The first-order valence-electron chi connectivity index (χ1n) is 13.5. The van der Waals surface area contributed by atoms with Crippen LogP contribution in [0.2, 0.25) is 0 Å². The molecule has 0 fully saturated rings. The molecule has 4 amide bonds. The van der Waals surface area contributed by atoms with Gasteiger partial charge in [0.15, 0.2) is 0 Å². The van der Waals surface area contributed by atoms with Crippen LogP contribution >= 0.6 is 0 Å². The Kier molecular flexibility index (Phi) is 6.21. The first kappa shape index (κ1) is 27.5. The second-order valence-corrected chi connectivity index (χ2v) is 11.2. The van der Waals surface area contributed by atoms with Crippen LogP contribution in [-0.2, 0) is 5.41 Å². The molecule has 0 atom stereocenters. The lowest BCUT2D eigenvalue weighted by Gasteiger charge is -2.28. The molecule has 2 aliphatic rings. The van der Waals surface area contributed by atoms with Crippen LogP contribution in [0.1, 0.15) is 83.1 Å². The number of anilines is 1. The lowest BCUT2D eigenvalue weighted by atomic mass is 9.77. The SMILES string of the molecule is Cc1cc(C(C)(C)c2ccc(O)c(N3C(=O)c4ccc(C#Cc5ccc6c(c5)C(=O)N(C)C6=O)cc4C3=O)c2)ccc1O. The first-order valence-corrected chi connectivity index (χ1v) is 13.5. The van der Waals surface area contributed by atoms with E-state index >= 15 is 0 Å². The fraction of sp³-hybridized carbons (Fsp3) is 0.143. The second kappa shape index (κ2) is 9.71. The molecule has 212 valence electrons. The predicted octanol–water partition coefficient (Wildman–Crippen LogP) is 5.16. The Morgan fingerprint density at radius 1 is 0.605 bits per heavy atom. The fourth-order valence-corrected chi connectivity index (χ4v) is 5.42. The van der Waals surface area contributed by atoms with E-state index in [0.29, 0.717) is 16.7 Å². The van der Waals surface area contributed by atoms with Crippen LogP contribution in [0, 0.1) is 18.8 Å². The van der Waals surface area contributed by atoms with Crippen molar-refractivity contribution in [1.82, 2.24) is 4.90 Å². The Bertz CT molecular complexity index is 2000. The Hall–Kier alpha value is -5.68. The van der Waals surface area contributed by atoms with Gasteiger partial charge in [0.05, 0.1) is 27.9 Å². The number of rotatable bonds is 3. The second-order valence-electron chi connectivity index (χ2n) is 11.2. The maximum absolute atomic E-state index is 13.6. The zero-order valence-electron chi connectivity index (χ0n) is 23.9. The van der Waals surface area contributed by atoms with Gasteiger partial charge in [-0.05, 0) is 78.2 Å². The number of benzene rings is 4. The number of imide groups is 2. The van der Waals surface area contributed by atoms with Crippen LogP contribution in [0.25, 0.3) is 0 Å². The van der Waals surface area contributed by atoms with Crippen molar-refractivity contribution in [2.75, 3.05) is 11.9 Å². The summed E-state index contributed by atoms with van der Waals surface area (Å²) < 4.78 is 0. The quantitative estimate of drug-likeness (QED) is 0.260. The molecule has 0 aromatic heterocycles. The highest BCUT2D eigenvalue weighted by atomic mass is 16.3.